The van der Waals surface area contributed by atoms with Crippen molar-refractivity contribution in [1.29, 1.82) is 0 Å². The van der Waals surface area contributed by atoms with Crippen LogP contribution in [0.3, 0.4) is 0 Å². The fourth-order valence-corrected chi connectivity index (χ4v) is 3.42. The number of hydrogen-bond donors (Lipinski definition) is 0. The van der Waals surface area contributed by atoms with E-state index < -0.39 is 0 Å². The molecule has 0 bridgehead atoms. The largest absolute Gasteiger partial charge is 0.309 e. The number of fused-ring (bicyclic) bond motifs is 1. The van der Waals surface area contributed by atoms with Crippen molar-refractivity contribution in [2.24, 2.45) is 10.2 Å². The Morgan fingerprint density at radius 2 is 1.79 bits per heavy atom. The first kappa shape index (κ1) is 16.5. The van der Waals surface area contributed by atoms with Gasteiger partial charge in [-0.15, -0.1) is 0 Å². The Bertz CT molecular complexity index is 896. The summed E-state index contributed by atoms with van der Waals surface area (Å²) in [6.07, 6.45) is 0.959. The van der Waals surface area contributed by atoms with E-state index >= 15 is 0 Å². The molecule has 0 saturated carbocycles. The summed E-state index contributed by atoms with van der Waals surface area (Å²) in [5.41, 5.74) is 1.55. The molecule has 0 aliphatic heterocycles. The average molecular weight is 340 g/mol. The van der Waals surface area contributed by atoms with Crippen LogP contribution in [0, 0.1) is 0 Å². The van der Waals surface area contributed by atoms with E-state index in [4.69, 9.17) is 0 Å². The molecule has 0 amide bonds. The molecule has 0 saturated heterocycles. The van der Waals surface area contributed by atoms with Gasteiger partial charge in [0, 0.05) is 6.54 Å². The maximum Gasteiger partial charge on any atom is 0.268 e. The first-order chi connectivity index (χ1) is 11.6. The first-order valence-corrected chi connectivity index (χ1v) is 8.66. The van der Waals surface area contributed by atoms with Crippen molar-refractivity contribution in [3.05, 3.63) is 58.9 Å². The molecule has 0 fully saturated rings. The van der Waals surface area contributed by atoms with Gasteiger partial charge in [0.25, 0.3) is 5.56 Å². The zero-order valence-electron chi connectivity index (χ0n) is 13.8. The number of benzene rings is 2. The van der Waals surface area contributed by atoms with E-state index in [1.54, 1.807) is 0 Å². The van der Waals surface area contributed by atoms with Gasteiger partial charge in [-0.1, -0.05) is 29.7 Å². The lowest BCUT2D eigenvalue weighted by molar-refractivity contribution is 0.389. The van der Waals surface area contributed by atoms with Crippen molar-refractivity contribution in [3.63, 3.8) is 0 Å². The summed E-state index contributed by atoms with van der Waals surface area (Å²) < 4.78 is 2.82. The van der Waals surface area contributed by atoms with E-state index in [2.05, 4.69) is 15.1 Å². The summed E-state index contributed by atoms with van der Waals surface area (Å²) in [4.78, 5) is 14.6. The Kier molecular flexibility index (Phi) is 5.17. The van der Waals surface area contributed by atoms with Gasteiger partial charge < -0.3 is 4.90 Å². The predicted octanol–water partition coefficient (Wildman–Crippen LogP) is 4.43. The summed E-state index contributed by atoms with van der Waals surface area (Å²) in [6.45, 7) is 1.72. The highest BCUT2D eigenvalue weighted by Gasteiger charge is 2.08. The van der Waals surface area contributed by atoms with Crippen molar-refractivity contribution in [3.8, 4) is 0 Å². The number of aromatic nitrogens is 1. The van der Waals surface area contributed by atoms with Crippen LogP contribution in [0.4, 0.5) is 11.4 Å². The van der Waals surface area contributed by atoms with Crippen molar-refractivity contribution < 1.29 is 0 Å². The number of aryl methyl sites for hydroxylation is 1. The van der Waals surface area contributed by atoms with Crippen LogP contribution in [0.5, 0.6) is 0 Å². The van der Waals surface area contributed by atoms with E-state index in [1.165, 1.54) is 11.5 Å². The summed E-state index contributed by atoms with van der Waals surface area (Å²) in [7, 11) is 4.08. The normalized spacial score (nSPS) is 11.8. The third-order valence-electron chi connectivity index (χ3n) is 3.63. The second-order valence-electron chi connectivity index (χ2n) is 5.87. The maximum atomic E-state index is 12.5. The molecule has 0 N–H and O–H groups in total. The zero-order valence-corrected chi connectivity index (χ0v) is 14.7. The molecule has 0 spiro atoms. The number of nitrogens with zero attached hydrogens (tertiary/aromatic N) is 4. The van der Waals surface area contributed by atoms with Gasteiger partial charge >= 0.3 is 0 Å². The van der Waals surface area contributed by atoms with E-state index in [1.807, 2.05) is 66.6 Å². The molecule has 2 aromatic carbocycles. The van der Waals surface area contributed by atoms with Crippen LogP contribution in [-0.2, 0) is 6.54 Å². The summed E-state index contributed by atoms with van der Waals surface area (Å²) in [5, 5.41) is 9.16. The average Bonchev–Trinajstić information content (AvgIpc) is 2.90. The fourth-order valence-electron chi connectivity index (χ4n) is 2.41. The Labute approximate surface area is 145 Å². The summed E-state index contributed by atoms with van der Waals surface area (Å²) in [6, 6.07) is 15.2. The minimum atomic E-state index is 0.0607. The quantitative estimate of drug-likeness (QED) is 0.623. The fraction of sp³-hybridized carbons (Fsp3) is 0.278. The molecule has 0 radical (unpaired) electrons. The first-order valence-electron chi connectivity index (χ1n) is 7.89. The Balaban J connectivity index is 1.82. The van der Waals surface area contributed by atoms with Gasteiger partial charge in [-0.05, 0) is 57.4 Å². The monoisotopic (exact) mass is 340 g/mol. The van der Waals surface area contributed by atoms with E-state index in [9.17, 15) is 4.79 Å². The van der Waals surface area contributed by atoms with E-state index in [-0.39, 0.29) is 5.56 Å². The van der Waals surface area contributed by atoms with E-state index in [0.717, 1.165) is 35.3 Å². The lowest BCUT2D eigenvalue weighted by atomic mass is 10.2. The van der Waals surface area contributed by atoms with Gasteiger partial charge in [0.1, 0.15) is 0 Å². The highest BCUT2D eigenvalue weighted by molar-refractivity contribution is 7.13. The van der Waals surface area contributed by atoms with Crippen molar-refractivity contribution in [2.45, 2.75) is 13.0 Å². The second kappa shape index (κ2) is 7.51. The van der Waals surface area contributed by atoms with Crippen LogP contribution in [-0.4, -0.2) is 29.5 Å². The van der Waals surface area contributed by atoms with Gasteiger partial charge in [0.2, 0.25) is 0 Å². The standard InChI is InChI=1S/C18H20N4OS/c1-21(2)11-6-12-22-18(23)16-13-15(9-10-17(16)24-22)20-19-14-7-4-3-5-8-14/h3-5,7-10,13H,6,11-12H2,1-2H3. The summed E-state index contributed by atoms with van der Waals surface area (Å²) >= 11 is 1.51. The van der Waals surface area contributed by atoms with Crippen LogP contribution in [0.2, 0.25) is 0 Å². The van der Waals surface area contributed by atoms with Gasteiger partial charge in [-0.25, -0.2) is 0 Å². The summed E-state index contributed by atoms with van der Waals surface area (Å²) in [5.74, 6) is 0. The molecule has 6 heteroatoms. The second-order valence-corrected chi connectivity index (χ2v) is 6.93. The van der Waals surface area contributed by atoms with Crippen molar-refractivity contribution in [2.75, 3.05) is 20.6 Å². The van der Waals surface area contributed by atoms with Gasteiger partial charge in [0.05, 0.1) is 21.5 Å². The number of rotatable bonds is 6. The zero-order chi connectivity index (χ0) is 16.9. The molecule has 1 heterocycles. The third-order valence-corrected chi connectivity index (χ3v) is 4.75. The predicted molar refractivity (Wildman–Crippen MR) is 99.9 cm³/mol. The highest BCUT2D eigenvalue weighted by Crippen LogP contribution is 2.24. The molecule has 3 aromatic rings. The smallest absolute Gasteiger partial charge is 0.268 e. The van der Waals surface area contributed by atoms with Crippen LogP contribution in [0.1, 0.15) is 6.42 Å². The SMILES string of the molecule is CN(C)CCCn1sc2ccc(N=Nc3ccccc3)cc2c1=O. The van der Waals surface area contributed by atoms with Gasteiger partial charge in [-0.3, -0.25) is 8.75 Å². The molecule has 24 heavy (non-hydrogen) atoms. The van der Waals surface area contributed by atoms with Crippen LogP contribution < -0.4 is 5.56 Å². The van der Waals surface area contributed by atoms with Crippen molar-refractivity contribution >= 4 is 33.0 Å². The van der Waals surface area contributed by atoms with Crippen LogP contribution in [0.15, 0.2) is 63.6 Å². The molecular weight excluding hydrogens is 320 g/mol. The number of hydrogen-bond acceptors (Lipinski definition) is 5. The number of azo groups is 1. The van der Waals surface area contributed by atoms with Crippen LogP contribution >= 0.6 is 11.5 Å². The minimum Gasteiger partial charge on any atom is -0.309 e. The lowest BCUT2D eigenvalue weighted by Crippen LogP contribution is -2.18. The Morgan fingerprint density at radius 1 is 1.04 bits per heavy atom. The lowest BCUT2D eigenvalue weighted by Gasteiger charge is -2.08. The van der Waals surface area contributed by atoms with Crippen LogP contribution in [0.25, 0.3) is 10.1 Å². The van der Waals surface area contributed by atoms with Gasteiger partial charge in [0.15, 0.2) is 0 Å². The molecule has 5 nitrogen and oxygen atoms in total. The van der Waals surface area contributed by atoms with Gasteiger partial charge in [-0.2, -0.15) is 10.2 Å². The van der Waals surface area contributed by atoms with E-state index in [0.29, 0.717) is 5.69 Å². The highest BCUT2D eigenvalue weighted by atomic mass is 32.1. The molecule has 0 atom stereocenters. The minimum absolute atomic E-state index is 0.0607. The molecule has 0 aliphatic rings. The Hall–Kier alpha value is -2.31. The molecule has 124 valence electrons. The molecule has 1 aromatic heterocycles. The molecule has 0 unspecified atom stereocenters. The molecule has 3 rings (SSSR count). The van der Waals surface area contributed by atoms with Crippen molar-refractivity contribution in [1.82, 2.24) is 8.86 Å². The molecular formula is C18H20N4OS. The third kappa shape index (κ3) is 3.96. The topological polar surface area (TPSA) is 50.0 Å². The maximum absolute atomic E-state index is 12.5. The molecule has 0 aliphatic carbocycles. The Morgan fingerprint density at radius 3 is 2.54 bits per heavy atom.